The number of hydrogen-bond donors (Lipinski definition) is 1. The van der Waals surface area contributed by atoms with Crippen molar-refractivity contribution in [3.63, 3.8) is 0 Å². The number of ketones is 1. The molecule has 2 heterocycles. The molecule has 0 aliphatic rings. The number of hydrogen-bond acceptors (Lipinski definition) is 6. The number of furan rings is 1. The zero-order valence-electron chi connectivity index (χ0n) is 19.6. The summed E-state index contributed by atoms with van der Waals surface area (Å²) in [6, 6.07) is 7.87. The van der Waals surface area contributed by atoms with Crippen molar-refractivity contribution in [1.82, 2.24) is 4.57 Å². The summed E-state index contributed by atoms with van der Waals surface area (Å²) in [4.78, 5) is 26.2. The van der Waals surface area contributed by atoms with Crippen molar-refractivity contribution in [2.24, 2.45) is 0 Å². The molecule has 0 amide bonds. The van der Waals surface area contributed by atoms with E-state index in [1.807, 2.05) is 6.07 Å². The van der Waals surface area contributed by atoms with E-state index in [0.29, 0.717) is 12.4 Å². The zero-order chi connectivity index (χ0) is 25.5. The molecule has 0 unspecified atom stereocenters. The van der Waals surface area contributed by atoms with Crippen molar-refractivity contribution in [2.75, 3.05) is 6.61 Å². The molecule has 0 radical (unpaired) electrons. The van der Waals surface area contributed by atoms with Crippen molar-refractivity contribution < 1.29 is 19.1 Å². The van der Waals surface area contributed by atoms with E-state index in [1.54, 1.807) is 12.1 Å². The first kappa shape index (κ1) is 26.4. The average Bonchev–Trinajstić information content (AvgIpc) is 3.34. The first-order valence-electron chi connectivity index (χ1n) is 11.4. The van der Waals surface area contributed by atoms with Gasteiger partial charge in [-0.15, -0.1) is 0 Å². The number of nitriles is 1. The number of carbonyl (C=O) groups excluding carboxylic acids is 1. The maximum atomic E-state index is 13.4. The topological polar surface area (TPSA) is 105 Å². The molecular weight excluding hydrogens is 491 g/mol. The number of rotatable bonds is 11. The zero-order valence-corrected chi connectivity index (χ0v) is 21.1. The molecule has 184 valence electrons. The second kappa shape index (κ2) is 12.0. The Bertz CT molecular complexity index is 1280. The number of carbonyl (C=O) groups is 1. The molecule has 3 aromatic rings. The number of aromatic hydroxyl groups is 1. The van der Waals surface area contributed by atoms with E-state index in [1.165, 1.54) is 31.7 Å². The molecule has 9 heteroatoms. The van der Waals surface area contributed by atoms with Crippen LogP contribution in [0.4, 0.5) is 0 Å². The molecule has 1 N–H and O–H groups in total. The Morgan fingerprint density at radius 3 is 2.49 bits per heavy atom. The normalized spacial score (nSPS) is 10.8. The van der Waals surface area contributed by atoms with E-state index >= 15 is 0 Å². The Morgan fingerprint density at radius 2 is 1.89 bits per heavy atom. The van der Waals surface area contributed by atoms with Crippen molar-refractivity contribution in [3.8, 4) is 17.7 Å². The fourth-order valence-electron chi connectivity index (χ4n) is 3.78. The summed E-state index contributed by atoms with van der Waals surface area (Å²) in [5, 5.41) is 20.8. The SMILES string of the molecule is CCCCCCCOc1c(Cl)cc(C(=O)c2c(C)c(C#N)c(=O)n(Cc3ccco3)c2O)cc1Cl. The van der Waals surface area contributed by atoms with Crippen LogP contribution in [0.15, 0.2) is 39.7 Å². The number of unbranched alkanes of at least 4 members (excludes halogenated alkanes) is 4. The lowest BCUT2D eigenvalue weighted by atomic mass is 9.97. The molecule has 0 aliphatic carbocycles. The molecule has 0 spiro atoms. The largest absolute Gasteiger partial charge is 0.494 e. The third-order valence-electron chi connectivity index (χ3n) is 5.68. The van der Waals surface area contributed by atoms with Gasteiger partial charge in [-0.25, -0.2) is 0 Å². The molecule has 0 saturated heterocycles. The van der Waals surface area contributed by atoms with Crippen LogP contribution in [-0.2, 0) is 6.54 Å². The third-order valence-corrected chi connectivity index (χ3v) is 6.24. The van der Waals surface area contributed by atoms with E-state index in [4.69, 9.17) is 32.4 Å². The Labute approximate surface area is 213 Å². The van der Waals surface area contributed by atoms with E-state index < -0.39 is 17.2 Å². The van der Waals surface area contributed by atoms with Crippen LogP contribution in [0.2, 0.25) is 10.0 Å². The summed E-state index contributed by atoms with van der Waals surface area (Å²) in [5.41, 5.74) is -1.02. The summed E-state index contributed by atoms with van der Waals surface area (Å²) < 4.78 is 11.9. The van der Waals surface area contributed by atoms with Crippen molar-refractivity contribution >= 4 is 29.0 Å². The lowest BCUT2D eigenvalue weighted by Gasteiger charge is -2.16. The van der Waals surface area contributed by atoms with E-state index in [2.05, 4.69) is 6.92 Å². The maximum absolute atomic E-state index is 13.4. The maximum Gasteiger partial charge on any atom is 0.271 e. The predicted octanol–water partition coefficient (Wildman–Crippen LogP) is 6.26. The Hall–Kier alpha value is -3.21. The molecule has 7 nitrogen and oxygen atoms in total. The fourth-order valence-corrected chi connectivity index (χ4v) is 4.38. The van der Waals surface area contributed by atoms with Gasteiger partial charge in [0.1, 0.15) is 17.4 Å². The first-order valence-corrected chi connectivity index (χ1v) is 12.1. The first-order chi connectivity index (χ1) is 16.8. The Balaban J connectivity index is 1.94. The van der Waals surface area contributed by atoms with Gasteiger partial charge in [-0.2, -0.15) is 5.26 Å². The molecule has 0 aliphatic heterocycles. The molecule has 1 aromatic carbocycles. The lowest BCUT2D eigenvalue weighted by Crippen LogP contribution is -2.27. The highest BCUT2D eigenvalue weighted by molar-refractivity contribution is 6.38. The number of ether oxygens (including phenoxy) is 1. The van der Waals surface area contributed by atoms with Crippen LogP contribution in [0.25, 0.3) is 0 Å². The van der Waals surface area contributed by atoms with Gasteiger partial charge >= 0.3 is 0 Å². The van der Waals surface area contributed by atoms with Gasteiger partial charge in [0.2, 0.25) is 5.88 Å². The molecule has 0 bridgehead atoms. The number of pyridine rings is 1. The third kappa shape index (κ3) is 5.90. The van der Waals surface area contributed by atoms with Crippen LogP contribution in [0, 0.1) is 18.3 Å². The Morgan fingerprint density at radius 1 is 1.20 bits per heavy atom. The van der Waals surface area contributed by atoms with Gasteiger partial charge < -0.3 is 14.3 Å². The van der Waals surface area contributed by atoms with E-state index in [-0.39, 0.29) is 44.6 Å². The minimum absolute atomic E-state index is 0.0651. The minimum atomic E-state index is -0.728. The van der Waals surface area contributed by atoms with Crippen LogP contribution in [0.3, 0.4) is 0 Å². The number of halogens is 2. The van der Waals surface area contributed by atoms with Crippen molar-refractivity contribution in [3.05, 3.63) is 78.9 Å². The van der Waals surface area contributed by atoms with Gasteiger partial charge in [-0.1, -0.05) is 55.8 Å². The van der Waals surface area contributed by atoms with Gasteiger partial charge in [-0.3, -0.25) is 14.2 Å². The highest BCUT2D eigenvalue weighted by Gasteiger charge is 2.26. The Kier molecular flexibility index (Phi) is 9.02. The number of nitrogens with zero attached hydrogens (tertiary/aromatic N) is 2. The van der Waals surface area contributed by atoms with Crippen LogP contribution < -0.4 is 10.3 Å². The van der Waals surface area contributed by atoms with Crippen molar-refractivity contribution in [2.45, 2.75) is 52.5 Å². The van der Waals surface area contributed by atoms with Gasteiger partial charge in [0.25, 0.3) is 5.56 Å². The average molecular weight is 517 g/mol. The second-order valence-electron chi connectivity index (χ2n) is 8.14. The number of aromatic nitrogens is 1. The molecule has 3 rings (SSSR count). The van der Waals surface area contributed by atoms with Crippen molar-refractivity contribution in [1.29, 1.82) is 5.26 Å². The van der Waals surface area contributed by atoms with Gasteiger partial charge in [0, 0.05) is 5.56 Å². The van der Waals surface area contributed by atoms with Crippen LogP contribution in [0.1, 0.15) is 71.8 Å². The molecule has 35 heavy (non-hydrogen) atoms. The fraction of sp³-hybridized carbons (Fsp3) is 0.346. The minimum Gasteiger partial charge on any atom is -0.494 e. The standard InChI is InChI=1S/C26H26Cl2N2O5/c1-3-4-5-6-7-10-35-24-20(27)12-17(13-21(24)28)23(31)22-16(2)19(14-29)25(32)30(26(22)33)15-18-9-8-11-34-18/h8-9,11-13,33H,3-7,10,15H2,1-2H3. The van der Waals surface area contributed by atoms with Gasteiger partial charge in [0.05, 0.1) is 35.0 Å². The van der Waals surface area contributed by atoms with E-state index in [9.17, 15) is 20.0 Å². The summed E-state index contributed by atoms with van der Waals surface area (Å²) in [6.07, 6.45) is 6.76. The van der Waals surface area contributed by atoms with Crippen LogP contribution >= 0.6 is 23.2 Å². The highest BCUT2D eigenvalue weighted by Crippen LogP contribution is 2.36. The second-order valence-corrected chi connectivity index (χ2v) is 8.96. The number of benzene rings is 1. The summed E-state index contributed by atoms with van der Waals surface area (Å²) in [5.74, 6) is -0.565. The van der Waals surface area contributed by atoms with Gasteiger partial charge in [0.15, 0.2) is 11.5 Å². The predicted molar refractivity (Wildman–Crippen MR) is 134 cm³/mol. The summed E-state index contributed by atoms with van der Waals surface area (Å²) >= 11 is 12.7. The summed E-state index contributed by atoms with van der Waals surface area (Å²) in [7, 11) is 0. The van der Waals surface area contributed by atoms with Crippen LogP contribution in [0.5, 0.6) is 11.6 Å². The quantitative estimate of drug-likeness (QED) is 0.238. The highest BCUT2D eigenvalue weighted by atomic mass is 35.5. The molecule has 0 atom stereocenters. The van der Waals surface area contributed by atoms with Gasteiger partial charge in [-0.05, 0) is 43.2 Å². The van der Waals surface area contributed by atoms with Crippen LogP contribution in [-0.4, -0.2) is 22.1 Å². The molecule has 2 aromatic heterocycles. The lowest BCUT2D eigenvalue weighted by molar-refractivity contribution is 0.103. The molecule has 0 fully saturated rings. The van der Waals surface area contributed by atoms with E-state index in [0.717, 1.165) is 30.3 Å². The smallest absolute Gasteiger partial charge is 0.271 e. The summed E-state index contributed by atoms with van der Waals surface area (Å²) in [6.45, 7) is 3.87. The monoisotopic (exact) mass is 516 g/mol. The molecular formula is C26H26Cl2N2O5. The molecule has 0 saturated carbocycles.